The van der Waals surface area contributed by atoms with Crippen molar-refractivity contribution < 1.29 is 9.18 Å². The molecule has 0 atom stereocenters. The maximum absolute atomic E-state index is 13.2. The van der Waals surface area contributed by atoms with Crippen LogP contribution in [0.1, 0.15) is 46.7 Å². The van der Waals surface area contributed by atoms with Crippen LogP contribution in [0.25, 0.3) is 5.69 Å². The van der Waals surface area contributed by atoms with Gasteiger partial charge in [0, 0.05) is 13.1 Å². The first kappa shape index (κ1) is 21.7. The van der Waals surface area contributed by atoms with Crippen LogP contribution in [0.5, 0.6) is 0 Å². The van der Waals surface area contributed by atoms with Crippen LogP contribution in [-0.2, 0) is 13.1 Å². The molecule has 1 aromatic heterocycles. The van der Waals surface area contributed by atoms with Crippen molar-refractivity contribution in [2.24, 2.45) is 0 Å². The van der Waals surface area contributed by atoms with E-state index in [2.05, 4.69) is 53.4 Å². The topological polar surface area (TPSA) is 50.2 Å². The van der Waals surface area contributed by atoms with Gasteiger partial charge in [0.2, 0.25) is 0 Å². The molecular weight excluding hydrogens is 379 g/mol. The molecule has 0 aliphatic heterocycles. The first-order valence-electron chi connectivity index (χ1n) is 10.3. The third-order valence-electron chi connectivity index (χ3n) is 5.37. The minimum Gasteiger partial charge on any atom is -0.348 e. The molecule has 30 heavy (non-hydrogen) atoms. The Morgan fingerprint density at radius 1 is 1.00 bits per heavy atom. The highest BCUT2D eigenvalue weighted by atomic mass is 19.1. The molecule has 3 rings (SSSR count). The van der Waals surface area contributed by atoms with E-state index >= 15 is 0 Å². The number of rotatable bonds is 8. The fraction of sp³-hybridized carbons (Fsp3) is 0.333. The van der Waals surface area contributed by atoms with Gasteiger partial charge in [0.15, 0.2) is 0 Å². The highest BCUT2D eigenvalue weighted by Crippen LogP contribution is 2.18. The molecule has 0 radical (unpaired) electrons. The first-order chi connectivity index (χ1) is 14.4. The van der Waals surface area contributed by atoms with Crippen LogP contribution in [0.2, 0.25) is 0 Å². The van der Waals surface area contributed by atoms with Crippen molar-refractivity contribution in [3.8, 4) is 5.69 Å². The number of nitrogens with zero attached hydrogens (tertiary/aromatic N) is 3. The summed E-state index contributed by atoms with van der Waals surface area (Å²) in [6.07, 6.45) is 0. The molecule has 1 N–H and O–H groups in total. The number of nitrogens with one attached hydrogen (secondary N) is 1. The number of halogens is 1. The molecule has 1 amide bonds. The minimum absolute atomic E-state index is 0.162. The Morgan fingerprint density at radius 3 is 2.20 bits per heavy atom. The monoisotopic (exact) mass is 408 g/mol. The Bertz CT molecular complexity index is 989. The van der Waals surface area contributed by atoms with Crippen molar-refractivity contribution in [3.05, 3.63) is 82.4 Å². The van der Waals surface area contributed by atoms with Gasteiger partial charge in [-0.2, -0.15) is 5.10 Å². The predicted octanol–water partition coefficient (Wildman–Crippen LogP) is 4.40. The Hall–Kier alpha value is -2.99. The third kappa shape index (κ3) is 4.94. The van der Waals surface area contributed by atoms with E-state index in [1.165, 1.54) is 17.7 Å². The lowest BCUT2D eigenvalue weighted by molar-refractivity contribution is 0.0949. The lowest BCUT2D eigenvalue weighted by atomic mass is 10.1. The second-order valence-electron chi connectivity index (χ2n) is 7.39. The summed E-state index contributed by atoms with van der Waals surface area (Å²) in [7, 11) is 0. The number of amides is 1. The second kappa shape index (κ2) is 9.67. The van der Waals surface area contributed by atoms with E-state index in [0.29, 0.717) is 17.8 Å². The standard InChI is InChI=1S/C24H29FN4O/c1-5-28(6-2)16-20-9-7-19(8-10-20)15-26-24(30)23-17(3)27-29(18(23)4)22-13-11-21(25)12-14-22/h7-14H,5-6,15-16H2,1-4H3,(H,26,30). The summed E-state index contributed by atoms with van der Waals surface area (Å²) in [6.45, 7) is 11.4. The van der Waals surface area contributed by atoms with Crippen molar-refractivity contribution in [1.29, 1.82) is 0 Å². The fourth-order valence-electron chi connectivity index (χ4n) is 3.54. The Kier molecular flexibility index (Phi) is 7.00. The van der Waals surface area contributed by atoms with Gasteiger partial charge in [-0.1, -0.05) is 38.1 Å². The Labute approximate surface area is 177 Å². The van der Waals surface area contributed by atoms with Crippen molar-refractivity contribution in [2.75, 3.05) is 13.1 Å². The van der Waals surface area contributed by atoms with Crippen LogP contribution in [-0.4, -0.2) is 33.7 Å². The summed E-state index contributed by atoms with van der Waals surface area (Å²) in [5.41, 5.74) is 4.96. The highest BCUT2D eigenvalue weighted by molar-refractivity contribution is 5.96. The number of benzene rings is 2. The molecule has 0 aliphatic rings. The molecule has 0 aliphatic carbocycles. The normalized spacial score (nSPS) is 11.1. The summed E-state index contributed by atoms with van der Waals surface area (Å²) < 4.78 is 14.9. The Morgan fingerprint density at radius 2 is 1.60 bits per heavy atom. The van der Waals surface area contributed by atoms with Gasteiger partial charge in [-0.15, -0.1) is 0 Å². The Balaban J connectivity index is 1.67. The lowest BCUT2D eigenvalue weighted by Gasteiger charge is -2.18. The van der Waals surface area contributed by atoms with E-state index in [0.717, 1.165) is 36.6 Å². The first-order valence-corrected chi connectivity index (χ1v) is 10.3. The zero-order chi connectivity index (χ0) is 21.7. The average molecular weight is 409 g/mol. The number of aryl methyl sites for hydroxylation is 1. The molecule has 2 aromatic carbocycles. The maximum atomic E-state index is 13.2. The number of hydrogen-bond acceptors (Lipinski definition) is 3. The highest BCUT2D eigenvalue weighted by Gasteiger charge is 2.19. The van der Waals surface area contributed by atoms with E-state index in [9.17, 15) is 9.18 Å². The molecule has 0 spiro atoms. The predicted molar refractivity (Wildman–Crippen MR) is 117 cm³/mol. The number of hydrogen-bond donors (Lipinski definition) is 1. The third-order valence-corrected chi connectivity index (χ3v) is 5.37. The molecule has 3 aromatic rings. The smallest absolute Gasteiger partial charge is 0.255 e. The minimum atomic E-state index is -0.304. The molecule has 6 heteroatoms. The van der Waals surface area contributed by atoms with Gasteiger partial charge in [-0.3, -0.25) is 9.69 Å². The molecule has 1 heterocycles. The maximum Gasteiger partial charge on any atom is 0.255 e. The van der Waals surface area contributed by atoms with Gasteiger partial charge in [-0.05, 0) is 62.3 Å². The van der Waals surface area contributed by atoms with E-state index in [-0.39, 0.29) is 11.7 Å². The van der Waals surface area contributed by atoms with Gasteiger partial charge >= 0.3 is 0 Å². The van der Waals surface area contributed by atoms with Gasteiger partial charge in [0.1, 0.15) is 5.82 Å². The summed E-state index contributed by atoms with van der Waals surface area (Å²) >= 11 is 0. The van der Waals surface area contributed by atoms with Crippen molar-refractivity contribution in [2.45, 2.75) is 40.8 Å². The molecule has 0 saturated heterocycles. The van der Waals surface area contributed by atoms with Crippen molar-refractivity contribution >= 4 is 5.91 Å². The van der Waals surface area contributed by atoms with Gasteiger partial charge < -0.3 is 5.32 Å². The van der Waals surface area contributed by atoms with Crippen LogP contribution in [0, 0.1) is 19.7 Å². The van der Waals surface area contributed by atoms with Gasteiger partial charge in [-0.25, -0.2) is 9.07 Å². The fourth-order valence-corrected chi connectivity index (χ4v) is 3.54. The number of carbonyl (C=O) groups is 1. The number of carbonyl (C=O) groups excluding carboxylic acids is 1. The zero-order valence-electron chi connectivity index (χ0n) is 18.1. The second-order valence-corrected chi connectivity index (χ2v) is 7.39. The molecular formula is C24H29FN4O. The quantitative estimate of drug-likeness (QED) is 0.601. The van der Waals surface area contributed by atoms with E-state index in [1.807, 2.05) is 13.8 Å². The van der Waals surface area contributed by atoms with Crippen LogP contribution in [0.15, 0.2) is 48.5 Å². The zero-order valence-corrected chi connectivity index (χ0v) is 18.1. The average Bonchev–Trinajstić information content (AvgIpc) is 3.05. The lowest BCUT2D eigenvalue weighted by Crippen LogP contribution is -2.24. The molecule has 0 unspecified atom stereocenters. The summed E-state index contributed by atoms with van der Waals surface area (Å²) in [6, 6.07) is 14.4. The van der Waals surface area contributed by atoms with Gasteiger partial charge in [0.25, 0.3) is 5.91 Å². The van der Waals surface area contributed by atoms with Gasteiger partial charge in [0.05, 0.1) is 22.6 Å². The summed E-state index contributed by atoms with van der Waals surface area (Å²) in [4.78, 5) is 15.2. The largest absolute Gasteiger partial charge is 0.348 e. The van der Waals surface area contributed by atoms with E-state index in [1.54, 1.807) is 16.8 Å². The van der Waals surface area contributed by atoms with Crippen molar-refractivity contribution in [1.82, 2.24) is 20.0 Å². The van der Waals surface area contributed by atoms with E-state index < -0.39 is 0 Å². The molecule has 0 saturated carbocycles. The van der Waals surface area contributed by atoms with Crippen LogP contribution in [0.3, 0.4) is 0 Å². The molecule has 158 valence electrons. The number of aromatic nitrogens is 2. The summed E-state index contributed by atoms with van der Waals surface area (Å²) in [5, 5.41) is 7.46. The van der Waals surface area contributed by atoms with E-state index in [4.69, 9.17) is 0 Å². The van der Waals surface area contributed by atoms with Crippen molar-refractivity contribution in [3.63, 3.8) is 0 Å². The van der Waals surface area contributed by atoms with Crippen LogP contribution < -0.4 is 5.32 Å². The summed E-state index contributed by atoms with van der Waals surface area (Å²) in [5.74, 6) is -0.466. The van der Waals surface area contributed by atoms with Crippen LogP contribution >= 0.6 is 0 Å². The molecule has 5 nitrogen and oxygen atoms in total. The van der Waals surface area contributed by atoms with Crippen LogP contribution in [0.4, 0.5) is 4.39 Å². The SMILES string of the molecule is CCN(CC)Cc1ccc(CNC(=O)c2c(C)nn(-c3ccc(F)cc3)c2C)cc1. The molecule has 0 fully saturated rings. The molecule has 0 bridgehead atoms.